The summed E-state index contributed by atoms with van der Waals surface area (Å²) in [5.41, 5.74) is 3.13. The van der Waals surface area contributed by atoms with Crippen molar-refractivity contribution in [3.63, 3.8) is 0 Å². The summed E-state index contributed by atoms with van der Waals surface area (Å²) < 4.78 is 3.00. The molecule has 0 aliphatic heterocycles. The minimum absolute atomic E-state index is 0.957. The van der Waals surface area contributed by atoms with Gasteiger partial charge in [-0.05, 0) is 34.1 Å². The number of hydrogen-bond acceptors (Lipinski definition) is 2. The third kappa shape index (κ3) is 1.42. The molecular weight excluding hydrogens is 266 g/mol. The van der Waals surface area contributed by atoms with E-state index < -0.39 is 0 Å². The van der Waals surface area contributed by atoms with Gasteiger partial charge in [0.1, 0.15) is 6.33 Å². The van der Waals surface area contributed by atoms with Gasteiger partial charge in [0.25, 0.3) is 0 Å². The van der Waals surface area contributed by atoms with Crippen LogP contribution in [0.1, 0.15) is 0 Å². The van der Waals surface area contributed by atoms with Gasteiger partial charge in [-0.1, -0.05) is 12.1 Å². The van der Waals surface area contributed by atoms with Gasteiger partial charge in [-0.15, -0.1) is 0 Å². The summed E-state index contributed by atoms with van der Waals surface area (Å²) in [5.74, 6) is 0. The van der Waals surface area contributed by atoms with E-state index in [1.54, 1.807) is 12.4 Å². The first-order valence-corrected chi connectivity index (χ1v) is 5.67. The molecule has 0 unspecified atom stereocenters. The zero-order valence-electron chi connectivity index (χ0n) is 8.34. The summed E-state index contributed by atoms with van der Waals surface area (Å²) in [7, 11) is 0. The molecule has 0 radical (unpaired) electrons. The lowest BCUT2D eigenvalue weighted by Gasteiger charge is -2.05. The number of fused-ring (bicyclic) bond motifs is 1. The molecule has 0 aliphatic rings. The van der Waals surface area contributed by atoms with Gasteiger partial charge in [0.2, 0.25) is 0 Å². The molecule has 0 aliphatic carbocycles. The number of imidazole rings is 1. The van der Waals surface area contributed by atoms with Gasteiger partial charge in [-0.25, -0.2) is 4.98 Å². The van der Waals surface area contributed by atoms with Gasteiger partial charge < -0.3 is 0 Å². The van der Waals surface area contributed by atoms with E-state index in [0.717, 1.165) is 21.2 Å². The molecule has 2 heterocycles. The molecule has 2 aromatic heterocycles. The van der Waals surface area contributed by atoms with E-state index in [4.69, 9.17) is 0 Å². The lowest BCUT2D eigenvalue weighted by Crippen LogP contribution is -1.93. The molecule has 4 heteroatoms. The van der Waals surface area contributed by atoms with E-state index in [2.05, 4.69) is 32.0 Å². The molecule has 0 saturated heterocycles. The topological polar surface area (TPSA) is 30.7 Å². The monoisotopic (exact) mass is 273 g/mol. The van der Waals surface area contributed by atoms with E-state index in [1.165, 1.54) is 0 Å². The minimum Gasteiger partial charge on any atom is -0.298 e. The fourth-order valence-electron chi connectivity index (χ4n) is 1.71. The second-order valence-corrected chi connectivity index (χ2v) is 4.28. The van der Waals surface area contributed by atoms with Gasteiger partial charge in [0.05, 0.1) is 21.2 Å². The van der Waals surface area contributed by atoms with E-state index >= 15 is 0 Å². The van der Waals surface area contributed by atoms with Gasteiger partial charge in [0.15, 0.2) is 0 Å². The standard InChI is InChI=1S/C12H8BrN3/c13-9-7-14-6-5-11(9)16-8-15-10-3-1-2-4-12(10)16/h1-8H. The zero-order valence-corrected chi connectivity index (χ0v) is 9.92. The minimum atomic E-state index is 0.957. The third-order valence-electron chi connectivity index (χ3n) is 2.46. The van der Waals surface area contributed by atoms with Crippen LogP contribution in [0.15, 0.2) is 53.5 Å². The van der Waals surface area contributed by atoms with Gasteiger partial charge in [-0.3, -0.25) is 9.55 Å². The largest absolute Gasteiger partial charge is 0.298 e. The molecule has 16 heavy (non-hydrogen) atoms. The molecule has 0 spiro atoms. The highest BCUT2D eigenvalue weighted by molar-refractivity contribution is 9.10. The molecule has 0 fully saturated rings. The smallest absolute Gasteiger partial charge is 0.100 e. The summed E-state index contributed by atoms with van der Waals surface area (Å²) in [6, 6.07) is 10.0. The highest BCUT2D eigenvalue weighted by Gasteiger charge is 2.06. The van der Waals surface area contributed by atoms with Crippen LogP contribution >= 0.6 is 15.9 Å². The van der Waals surface area contributed by atoms with Crippen LogP contribution in [0, 0.1) is 0 Å². The van der Waals surface area contributed by atoms with Gasteiger partial charge in [-0.2, -0.15) is 0 Å². The predicted octanol–water partition coefficient (Wildman–Crippen LogP) is 3.18. The van der Waals surface area contributed by atoms with E-state index in [0.29, 0.717) is 0 Å². The number of hydrogen-bond donors (Lipinski definition) is 0. The molecule has 1 aromatic carbocycles. The van der Waals surface area contributed by atoms with Crippen LogP contribution in [0.5, 0.6) is 0 Å². The van der Waals surface area contributed by atoms with E-state index in [1.807, 2.05) is 35.2 Å². The molecule has 0 bridgehead atoms. The van der Waals surface area contributed by atoms with E-state index in [9.17, 15) is 0 Å². The van der Waals surface area contributed by atoms with E-state index in [-0.39, 0.29) is 0 Å². The quantitative estimate of drug-likeness (QED) is 0.682. The molecule has 0 amide bonds. The Balaban J connectivity index is 2.31. The Morgan fingerprint density at radius 2 is 2.00 bits per heavy atom. The molecular formula is C12H8BrN3. The van der Waals surface area contributed by atoms with Crippen LogP contribution in [-0.2, 0) is 0 Å². The molecule has 3 aromatic rings. The van der Waals surface area contributed by atoms with Crippen LogP contribution < -0.4 is 0 Å². The van der Waals surface area contributed by atoms with Crippen molar-refractivity contribution < 1.29 is 0 Å². The number of para-hydroxylation sites is 2. The fraction of sp³-hybridized carbons (Fsp3) is 0. The molecule has 3 nitrogen and oxygen atoms in total. The van der Waals surface area contributed by atoms with Crippen LogP contribution in [-0.4, -0.2) is 14.5 Å². The average Bonchev–Trinajstić information content (AvgIpc) is 2.74. The molecule has 0 saturated carbocycles. The van der Waals surface area contributed by atoms with Crippen molar-refractivity contribution in [3.05, 3.63) is 53.5 Å². The van der Waals surface area contributed by atoms with Crippen LogP contribution in [0.4, 0.5) is 0 Å². The molecule has 0 atom stereocenters. The Labute approximate surface area is 101 Å². The van der Waals surface area contributed by atoms with Crippen molar-refractivity contribution >= 4 is 27.0 Å². The molecule has 3 rings (SSSR count). The first kappa shape index (κ1) is 9.54. The van der Waals surface area contributed by atoms with Crippen molar-refractivity contribution in [2.45, 2.75) is 0 Å². The maximum Gasteiger partial charge on any atom is 0.100 e. The lowest BCUT2D eigenvalue weighted by atomic mass is 10.3. The number of halogens is 1. The van der Waals surface area contributed by atoms with Crippen molar-refractivity contribution in [1.82, 2.24) is 14.5 Å². The summed E-state index contributed by atoms with van der Waals surface area (Å²) in [6.07, 6.45) is 5.38. The van der Waals surface area contributed by atoms with Crippen molar-refractivity contribution in [1.29, 1.82) is 0 Å². The highest BCUT2D eigenvalue weighted by Crippen LogP contribution is 2.23. The maximum atomic E-state index is 4.36. The number of nitrogens with zero attached hydrogens (tertiary/aromatic N) is 3. The second kappa shape index (κ2) is 3.72. The third-order valence-corrected chi connectivity index (χ3v) is 3.08. The molecule has 0 N–H and O–H groups in total. The van der Waals surface area contributed by atoms with Crippen molar-refractivity contribution in [2.24, 2.45) is 0 Å². The number of rotatable bonds is 1. The normalized spacial score (nSPS) is 10.8. The predicted molar refractivity (Wildman–Crippen MR) is 66.6 cm³/mol. The van der Waals surface area contributed by atoms with Crippen LogP contribution in [0.25, 0.3) is 16.7 Å². The number of aromatic nitrogens is 3. The summed E-state index contributed by atoms with van der Waals surface area (Å²) in [6.45, 7) is 0. The Hall–Kier alpha value is -1.68. The summed E-state index contributed by atoms with van der Waals surface area (Å²) >= 11 is 3.49. The van der Waals surface area contributed by atoms with Gasteiger partial charge >= 0.3 is 0 Å². The van der Waals surface area contributed by atoms with Crippen molar-refractivity contribution in [2.75, 3.05) is 0 Å². The number of benzene rings is 1. The average molecular weight is 274 g/mol. The van der Waals surface area contributed by atoms with Crippen molar-refractivity contribution in [3.8, 4) is 5.69 Å². The van der Waals surface area contributed by atoms with Crippen LogP contribution in [0.2, 0.25) is 0 Å². The fourth-order valence-corrected chi connectivity index (χ4v) is 2.16. The molecule has 78 valence electrons. The zero-order chi connectivity index (χ0) is 11.0. The second-order valence-electron chi connectivity index (χ2n) is 3.43. The SMILES string of the molecule is Brc1cnccc1-n1cnc2ccccc21. The van der Waals surface area contributed by atoms with Gasteiger partial charge in [0, 0.05) is 12.4 Å². The Morgan fingerprint density at radius 3 is 2.88 bits per heavy atom. The lowest BCUT2D eigenvalue weighted by molar-refractivity contribution is 1.07. The summed E-state index contributed by atoms with van der Waals surface area (Å²) in [5, 5.41) is 0. The summed E-state index contributed by atoms with van der Waals surface area (Å²) in [4.78, 5) is 8.41. The first-order valence-electron chi connectivity index (χ1n) is 4.88. The Morgan fingerprint density at radius 1 is 1.12 bits per heavy atom. The van der Waals surface area contributed by atoms with Crippen LogP contribution in [0.3, 0.4) is 0 Å². The Bertz CT molecular complexity index is 645. The highest BCUT2D eigenvalue weighted by atomic mass is 79.9. The first-order chi connectivity index (χ1) is 7.86. The number of pyridine rings is 1. The Kier molecular flexibility index (Phi) is 2.22. The maximum absolute atomic E-state index is 4.36.